The van der Waals surface area contributed by atoms with Gasteiger partial charge >= 0.3 is 11.5 Å². The molecule has 0 unspecified atom stereocenters. The number of amides is 3. The predicted octanol–water partition coefficient (Wildman–Crippen LogP) is 3.86. The molecule has 0 atom stereocenters. The van der Waals surface area contributed by atoms with Gasteiger partial charge in [-0.2, -0.15) is 13.2 Å². The van der Waals surface area contributed by atoms with E-state index in [1.54, 1.807) is 44.3 Å². The van der Waals surface area contributed by atoms with Crippen molar-refractivity contribution in [2.45, 2.75) is 36.3 Å². The van der Waals surface area contributed by atoms with Crippen LogP contribution in [0, 0.1) is 0 Å². The molecule has 34 heavy (non-hydrogen) atoms. The number of anilines is 2. The van der Waals surface area contributed by atoms with Gasteiger partial charge in [0.25, 0.3) is 15.7 Å². The van der Waals surface area contributed by atoms with E-state index in [0.29, 0.717) is 34.3 Å². The first kappa shape index (κ1) is 23.5. The Labute approximate surface area is 192 Å². The first-order valence-corrected chi connectivity index (χ1v) is 11.4. The van der Waals surface area contributed by atoms with Crippen LogP contribution in [0.2, 0.25) is 0 Å². The maximum absolute atomic E-state index is 13.3. The third kappa shape index (κ3) is 3.54. The van der Waals surface area contributed by atoms with E-state index in [-0.39, 0.29) is 12.2 Å². The molecule has 0 spiro atoms. The minimum absolute atomic E-state index is 0.0157. The lowest BCUT2D eigenvalue weighted by Crippen LogP contribution is -2.43. The number of alkyl halides is 3. The highest BCUT2D eigenvalue weighted by atomic mass is 32.2. The monoisotopic (exact) mass is 492 g/mol. The summed E-state index contributed by atoms with van der Waals surface area (Å²) in [4.78, 5) is 31.8. The molecule has 2 heterocycles. The molecule has 1 saturated heterocycles. The normalized spacial score (nSPS) is 16.5. The van der Waals surface area contributed by atoms with Crippen molar-refractivity contribution in [1.29, 1.82) is 0 Å². The van der Waals surface area contributed by atoms with Gasteiger partial charge < -0.3 is 10.6 Å². The standard InChI is InChI=1S/C22H19F3N4O4S/c1-21(2)19(30)29(14-6-8-15(9-7-14)34(32,33)22(23,24)25)20(31)28(21)12-13-10-11-27-17-5-3-4-16(26)18(13)17/h3-11H,12,26H2,1-2H3. The van der Waals surface area contributed by atoms with Crippen LogP contribution >= 0.6 is 0 Å². The van der Waals surface area contributed by atoms with Gasteiger partial charge in [0, 0.05) is 23.8 Å². The number of rotatable bonds is 4. The fourth-order valence-corrected chi connectivity index (χ4v) is 4.61. The van der Waals surface area contributed by atoms with Crippen molar-refractivity contribution in [3.63, 3.8) is 0 Å². The van der Waals surface area contributed by atoms with Gasteiger partial charge in [0.2, 0.25) is 0 Å². The minimum atomic E-state index is -5.56. The zero-order chi connectivity index (χ0) is 25.1. The van der Waals surface area contributed by atoms with E-state index < -0.39 is 37.7 Å². The molecule has 2 aromatic carbocycles. The average Bonchev–Trinajstić information content (AvgIpc) is 2.92. The van der Waals surface area contributed by atoms with Crippen LogP contribution in [0.3, 0.4) is 0 Å². The summed E-state index contributed by atoms with van der Waals surface area (Å²) in [5.41, 5.74) is 1.02. The Morgan fingerprint density at radius 3 is 2.29 bits per heavy atom. The number of hydrogen-bond donors (Lipinski definition) is 1. The Balaban J connectivity index is 1.70. The summed E-state index contributed by atoms with van der Waals surface area (Å²) in [6.45, 7) is 3.10. The summed E-state index contributed by atoms with van der Waals surface area (Å²) in [5, 5.41) is 0.640. The van der Waals surface area contributed by atoms with Crippen molar-refractivity contribution < 1.29 is 31.2 Å². The summed E-state index contributed by atoms with van der Waals surface area (Å²) < 4.78 is 61.7. The number of carbonyl (C=O) groups excluding carboxylic acids is 2. The number of fused-ring (bicyclic) bond motifs is 1. The van der Waals surface area contributed by atoms with Crippen molar-refractivity contribution in [3.8, 4) is 0 Å². The van der Waals surface area contributed by atoms with Crippen molar-refractivity contribution in [2.75, 3.05) is 10.6 Å². The van der Waals surface area contributed by atoms with E-state index in [2.05, 4.69) is 4.98 Å². The molecule has 12 heteroatoms. The Hall–Kier alpha value is -3.67. The number of imide groups is 1. The molecular formula is C22H19F3N4O4S. The van der Waals surface area contributed by atoms with E-state index in [1.807, 2.05) is 0 Å². The van der Waals surface area contributed by atoms with Crippen LogP contribution in [0.15, 0.2) is 59.6 Å². The molecule has 1 aliphatic rings. The van der Waals surface area contributed by atoms with Crippen molar-refractivity contribution in [1.82, 2.24) is 9.88 Å². The quantitative estimate of drug-likeness (QED) is 0.437. The summed E-state index contributed by atoms with van der Waals surface area (Å²) in [6.07, 6.45) is 1.56. The number of nitrogens with two attached hydrogens (primary N) is 1. The number of sulfone groups is 1. The highest BCUT2D eigenvalue weighted by Crippen LogP contribution is 2.36. The van der Waals surface area contributed by atoms with E-state index in [9.17, 15) is 31.2 Å². The predicted molar refractivity (Wildman–Crippen MR) is 118 cm³/mol. The van der Waals surface area contributed by atoms with Crippen LogP contribution in [0.5, 0.6) is 0 Å². The lowest BCUT2D eigenvalue weighted by Gasteiger charge is -2.28. The molecule has 0 saturated carbocycles. The summed E-state index contributed by atoms with van der Waals surface area (Å²) in [5.74, 6) is -0.615. The summed E-state index contributed by atoms with van der Waals surface area (Å²) in [6, 6.07) is 9.59. The topological polar surface area (TPSA) is 114 Å². The fourth-order valence-electron chi connectivity index (χ4n) is 3.84. The second-order valence-electron chi connectivity index (χ2n) is 8.22. The summed E-state index contributed by atoms with van der Waals surface area (Å²) >= 11 is 0. The highest BCUT2D eigenvalue weighted by molar-refractivity contribution is 7.92. The van der Waals surface area contributed by atoms with Crippen LogP contribution in [0.4, 0.5) is 29.3 Å². The van der Waals surface area contributed by atoms with Crippen LogP contribution in [0.25, 0.3) is 10.9 Å². The number of hydrogen-bond acceptors (Lipinski definition) is 6. The maximum Gasteiger partial charge on any atom is 0.501 e. The van der Waals surface area contributed by atoms with Crippen LogP contribution in [0.1, 0.15) is 19.4 Å². The number of nitrogens with zero attached hydrogens (tertiary/aromatic N) is 3. The number of nitrogen functional groups attached to an aromatic ring is 1. The van der Waals surface area contributed by atoms with Gasteiger partial charge in [-0.05, 0) is 61.9 Å². The Morgan fingerprint density at radius 2 is 1.68 bits per heavy atom. The van der Waals surface area contributed by atoms with E-state index in [1.165, 1.54) is 4.90 Å². The first-order chi connectivity index (χ1) is 15.8. The van der Waals surface area contributed by atoms with E-state index in [4.69, 9.17) is 5.73 Å². The number of carbonyl (C=O) groups is 2. The number of halogens is 3. The Bertz CT molecular complexity index is 1420. The smallest absolute Gasteiger partial charge is 0.398 e. The van der Waals surface area contributed by atoms with Crippen molar-refractivity contribution in [3.05, 3.63) is 60.3 Å². The molecule has 178 valence electrons. The highest BCUT2D eigenvalue weighted by Gasteiger charge is 2.52. The van der Waals surface area contributed by atoms with Gasteiger partial charge in [-0.3, -0.25) is 9.78 Å². The van der Waals surface area contributed by atoms with Crippen LogP contribution in [-0.4, -0.2) is 41.3 Å². The molecule has 0 radical (unpaired) electrons. The molecule has 0 aliphatic carbocycles. The molecule has 4 rings (SSSR count). The van der Waals surface area contributed by atoms with Gasteiger partial charge in [-0.1, -0.05) is 6.07 Å². The SMILES string of the molecule is CC1(C)C(=O)N(c2ccc(S(=O)(=O)C(F)(F)F)cc2)C(=O)N1Cc1ccnc2cccc(N)c12. The minimum Gasteiger partial charge on any atom is -0.398 e. The molecule has 2 N–H and O–H groups in total. The van der Waals surface area contributed by atoms with Crippen molar-refractivity contribution >= 4 is 44.1 Å². The molecule has 3 aromatic rings. The zero-order valence-electron chi connectivity index (χ0n) is 18.0. The van der Waals surface area contributed by atoms with Gasteiger partial charge in [0.05, 0.1) is 16.1 Å². The van der Waals surface area contributed by atoms with Crippen LogP contribution < -0.4 is 10.6 Å². The molecule has 1 aliphatic heterocycles. The molecule has 1 aromatic heterocycles. The number of benzene rings is 2. The average molecular weight is 492 g/mol. The lowest BCUT2D eigenvalue weighted by molar-refractivity contribution is -0.123. The third-order valence-electron chi connectivity index (χ3n) is 5.75. The zero-order valence-corrected chi connectivity index (χ0v) is 18.8. The summed E-state index contributed by atoms with van der Waals surface area (Å²) in [7, 11) is -5.56. The van der Waals surface area contributed by atoms with Crippen molar-refractivity contribution in [2.24, 2.45) is 0 Å². The molecule has 3 amide bonds. The molecule has 8 nitrogen and oxygen atoms in total. The second kappa shape index (κ2) is 7.69. The van der Waals surface area contributed by atoms with Crippen LogP contribution in [-0.2, 0) is 21.2 Å². The first-order valence-electron chi connectivity index (χ1n) is 9.96. The Morgan fingerprint density at radius 1 is 1.03 bits per heavy atom. The van der Waals surface area contributed by atoms with Gasteiger partial charge in [0.1, 0.15) is 5.54 Å². The van der Waals surface area contributed by atoms with E-state index >= 15 is 0 Å². The fraction of sp³-hybridized carbons (Fsp3) is 0.227. The molecular weight excluding hydrogens is 473 g/mol. The number of urea groups is 1. The largest absolute Gasteiger partial charge is 0.501 e. The number of aromatic nitrogens is 1. The lowest BCUT2D eigenvalue weighted by atomic mass is 10.0. The molecule has 0 bridgehead atoms. The van der Waals surface area contributed by atoms with E-state index in [0.717, 1.165) is 17.0 Å². The van der Waals surface area contributed by atoms with Gasteiger partial charge in [0.15, 0.2) is 0 Å². The maximum atomic E-state index is 13.3. The van der Waals surface area contributed by atoms with Gasteiger partial charge in [-0.15, -0.1) is 0 Å². The second-order valence-corrected chi connectivity index (χ2v) is 10.2. The Kier molecular flexibility index (Phi) is 5.31. The molecule has 1 fully saturated rings. The third-order valence-corrected chi connectivity index (χ3v) is 7.25. The number of pyridine rings is 1. The van der Waals surface area contributed by atoms with Gasteiger partial charge in [-0.25, -0.2) is 18.1 Å².